The zero-order chi connectivity index (χ0) is 16.8. The molecular weight excluding hydrogens is 282 g/mol. The molecule has 0 saturated carbocycles. The van der Waals surface area contributed by atoms with Crippen LogP contribution in [0.1, 0.15) is 38.8 Å². The maximum Gasteiger partial charge on any atom is 0.323 e. The van der Waals surface area contributed by atoms with Gasteiger partial charge in [-0.1, -0.05) is 24.3 Å². The summed E-state index contributed by atoms with van der Waals surface area (Å²) in [6.45, 7) is 7.58. The zero-order valence-corrected chi connectivity index (χ0v) is 13.7. The van der Waals surface area contributed by atoms with E-state index in [0.29, 0.717) is 13.0 Å². The zero-order valence-electron chi connectivity index (χ0n) is 13.7. The number of benzene rings is 1. The first-order valence-electron chi connectivity index (χ1n) is 7.43. The average molecular weight is 307 g/mol. The fourth-order valence-corrected chi connectivity index (χ4v) is 1.92. The summed E-state index contributed by atoms with van der Waals surface area (Å²) in [6, 6.07) is 6.74. The highest BCUT2D eigenvalue weighted by Gasteiger charge is 2.17. The van der Waals surface area contributed by atoms with Crippen molar-refractivity contribution >= 4 is 11.9 Å². The van der Waals surface area contributed by atoms with E-state index >= 15 is 0 Å². The molecule has 122 valence electrons. The molecule has 0 aliphatic heterocycles. The second-order valence-corrected chi connectivity index (χ2v) is 6.14. The summed E-state index contributed by atoms with van der Waals surface area (Å²) >= 11 is 0. The maximum atomic E-state index is 11.7. The molecule has 5 nitrogen and oxygen atoms in total. The van der Waals surface area contributed by atoms with Crippen LogP contribution in [0.15, 0.2) is 24.3 Å². The summed E-state index contributed by atoms with van der Waals surface area (Å²) in [6.07, 6.45) is 0.632. The Morgan fingerprint density at radius 2 is 1.68 bits per heavy atom. The molecule has 1 atom stereocenters. The summed E-state index contributed by atoms with van der Waals surface area (Å²) in [5, 5.41) is 0. The second-order valence-electron chi connectivity index (χ2n) is 6.14. The van der Waals surface area contributed by atoms with Crippen molar-refractivity contribution in [2.24, 2.45) is 5.73 Å². The van der Waals surface area contributed by atoms with Gasteiger partial charge in [0.05, 0.1) is 13.0 Å². The molecule has 2 N–H and O–H groups in total. The largest absolute Gasteiger partial charge is 0.465 e. The molecule has 1 aromatic rings. The van der Waals surface area contributed by atoms with Gasteiger partial charge in [0.15, 0.2) is 0 Å². The maximum absolute atomic E-state index is 11.7. The van der Waals surface area contributed by atoms with Crippen molar-refractivity contribution < 1.29 is 19.1 Å². The number of carbonyl (C=O) groups excluding carboxylic acids is 2. The summed E-state index contributed by atoms with van der Waals surface area (Å²) < 4.78 is 10.1. The first-order chi connectivity index (χ1) is 10.2. The fraction of sp³-hybridized carbons (Fsp3) is 0.529. The van der Waals surface area contributed by atoms with Gasteiger partial charge in [-0.05, 0) is 45.2 Å². The lowest BCUT2D eigenvalue weighted by molar-refractivity contribution is -0.154. The van der Waals surface area contributed by atoms with Gasteiger partial charge >= 0.3 is 11.9 Å². The first kappa shape index (κ1) is 18.2. The van der Waals surface area contributed by atoms with E-state index in [2.05, 4.69) is 0 Å². The Labute approximate surface area is 131 Å². The van der Waals surface area contributed by atoms with Crippen LogP contribution >= 0.6 is 0 Å². The third kappa shape index (κ3) is 6.72. The van der Waals surface area contributed by atoms with Gasteiger partial charge < -0.3 is 15.2 Å². The Morgan fingerprint density at radius 3 is 2.18 bits per heavy atom. The van der Waals surface area contributed by atoms with E-state index in [1.54, 1.807) is 6.92 Å². The summed E-state index contributed by atoms with van der Waals surface area (Å²) in [7, 11) is 0. The van der Waals surface area contributed by atoms with Crippen LogP contribution < -0.4 is 5.73 Å². The van der Waals surface area contributed by atoms with Gasteiger partial charge in [0, 0.05) is 0 Å². The number of rotatable bonds is 6. The third-order valence-electron chi connectivity index (χ3n) is 2.84. The molecule has 0 heterocycles. The molecule has 1 rings (SSSR count). The molecule has 5 heteroatoms. The van der Waals surface area contributed by atoms with Crippen LogP contribution in [0.25, 0.3) is 0 Å². The molecule has 0 fully saturated rings. The van der Waals surface area contributed by atoms with Crippen molar-refractivity contribution in [2.45, 2.75) is 52.2 Å². The van der Waals surface area contributed by atoms with Crippen molar-refractivity contribution in [3.05, 3.63) is 35.4 Å². The van der Waals surface area contributed by atoms with Crippen LogP contribution in [0, 0.1) is 0 Å². The van der Waals surface area contributed by atoms with E-state index in [1.807, 2.05) is 45.0 Å². The Balaban J connectivity index is 2.56. The highest BCUT2D eigenvalue weighted by atomic mass is 16.6. The minimum atomic E-state index is -0.670. The highest BCUT2D eigenvalue weighted by Crippen LogP contribution is 2.12. The van der Waals surface area contributed by atoms with Crippen LogP contribution in [0.3, 0.4) is 0 Å². The topological polar surface area (TPSA) is 78.6 Å². The Hall–Kier alpha value is -1.88. The predicted octanol–water partition coefficient (Wildman–Crippen LogP) is 2.00. The molecule has 0 spiro atoms. The van der Waals surface area contributed by atoms with Gasteiger partial charge in [-0.3, -0.25) is 9.59 Å². The average Bonchev–Trinajstić information content (AvgIpc) is 2.39. The molecule has 22 heavy (non-hydrogen) atoms. The quantitative estimate of drug-likeness (QED) is 0.813. The minimum absolute atomic E-state index is 0.224. The van der Waals surface area contributed by atoms with Crippen LogP contribution in [-0.2, 0) is 31.9 Å². The van der Waals surface area contributed by atoms with E-state index in [9.17, 15) is 9.59 Å². The van der Waals surface area contributed by atoms with Gasteiger partial charge in [0.1, 0.15) is 11.6 Å². The standard InChI is InChI=1S/C17H25NO4/c1-5-21-16(20)14(18)10-12-6-8-13(9-7-12)11-15(19)22-17(2,3)4/h6-9,14H,5,10-11,18H2,1-4H3/t14-/m0/s1. The van der Waals surface area contributed by atoms with Crippen LogP contribution in [0.5, 0.6) is 0 Å². The molecule has 0 aromatic heterocycles. The lowest BCUT2D eigenvalue weighted by Crippen LogP contribution is -2.34. The smallest absolute Gasteiger partial charge is 0.323 e. The van der Waals surface area contributed by atoms with Gasteiger partial charge in [0.2, 0.25) is 0 Å². The molecule has 0 saturated heterocycles. The van der Waals surface area contributed by atoms with Crippen molar-refractivity contribution in [1.29, 1.82) is 0 Å². The predicted molar refractivity (Wildman–Crippen MR) is 84.3 cm³/mol. The molecule has 0 unspecified atom stereocenters. The Kier molecular flexibility index (Phi) is 6.56. The highest BCUT2D eigenvalue weighted by molar-refractivity contribution is 5.76. The Bertz CT molecular complexity index is 502. The lowest BCUT2D eigenvalue weighted by Gasteiger charge is -2.19. The van der Waals surface area contributed by atoms with Crippen LogP contribution in [0.2, 0.25) is 0 Å². The number of esters is 2. The van der Waals surface area contributed by atoms with Gasteiger partial charge in [-0.2, -0.15) is 0 Å². The minimum Gasteiger partial charge on any atom is -0.465 e. The van der Waals surface area contributed by atoms with E-state index < -0.39 is 17.6 Å². The molecule has 0 radical (unpaired) electrons. The van der Waals surface area contributed by atoms with Gasteiger partial charge in [-0.15, -0.1) is 0 Å². The molecule has 1 aromatic carbocycles. The Morgan fingerprint density at radius 1 is 1.14 bits per heavy atom. The third-order valence-corrected chi connectivity index (χ3v) is 2.84. The number of hydrogen-bond donors (Lipinski definition) is 1. The second kappa shape index (κ2) is 7.94. The van der Waals surface area contributed by atoms with E-state index in [4.69, 9.17) is 15.2 Å². The molecule has 0 aliphatic carbocycles. The van der Waals surface area contributed by atoms with E-state index in [0.717, 1.165) is 11.1 Å². The van der Waals surface area contributed by atoms with Crippen molar-refractivity contribution in [1.82, 2.24) is 0 Å². The van der Waals surface area contributed by atoms with E-state index in [1.165, 1.54) is 0 Å². The van der Waals surface area contributed by atoms with Crippen LogP contribution in [0.4, 0.5) is 0 Å². The van der Waals surface area contributed by atoms with Crippen molar-refractivity contribution in [2.75, 3.05) is 6.61 Å². The molecular formula is C17H25NO4. The normalized spacial score (nSPS) is 12.6. The monoisotopic (exact) mass is 307 g/mol. The SMILES string of the molecule is CCOC(=O)[C@@H](N)Cc1ccc(CC(=O)OC(C)(C)C)cc1. The van der Waals surface area contributed by atoms with Crippen molar-refractivity contribution in [3.8, 4) is 0 Å². The number of nitrogens with two attached hydrogens (primary N) is 1. The van der Waals surface area contributed by atoms with Gasteiger partial charge in [0.25, 0.3) is 0 Å². The summed E-state index contributed by atoms with van der Waals surface area (Å²) in [5.41, 5.74) is 7.08. The first-order valence-corrected chi connectivity index (χ1v) is 7.43. The summed E-state index contributed by atoms with van der Waals surface area (Å²) in [5.74, 6) is -0.663. The number of hydrogen-bond acceptors (Lipinski definition) is 5. The van der Waals surface area contributed by atoms with Crippen LogP contribution in [-0.4, -0.2) is 30.2 Å². The molecule has 0 amide bonds. The lowest BCUT2D eigenvalue weighted by atomic mass is 10.0. The van der Waals surface area contributed by atoms with Crippen molar-refractivity contribution in [3.63, 3.8) is 0 Å². The fourth-order valence-electron chi connectivity index (χ4n) is 1.92. The molecule has 0 bridgehead atoms. The molecule has 0 aliphatic rings. The summed E-state index contributed by atoms with van der Waals surface area (Å²) in [4.78, 5) is 23.2. The van der Waals surface area contributed by atoms with Gasteiger partial charge in [-0.25, -0.2) is 0 Å². The number of carbonyl (C=O) groups is 2. The number of ether oxygens (including phenoxy) is 2. The van der Waals surface area contributed by atoms with E-state index in [-0.39, 0.29) is 12.4 Å².